The van der Waals surface area contributed by atoms with E-state index in [1.54, 1.807) is 16.4 Å². The number of hydrogen-bond acceptors (Lipinski definition) is 3. The number of ether oxygens (including phenoxy) is 1. The fourth-order valence-corrected chi connectivity index (χ4v) is 5.31. The van der Waals surface area contributed by atoms with E-state index in [9.17, 15) is 12.8 Å². The van der Waals surface area contributed by atoms with Gasteiger partial charge in [-0.25, -0.2) is 12.8 Å². The molecule has 1 aliphatic heterocycles. The van der Waals surface area contributed by atoms with Gasteiger partial charge in [0.25, 0.3) is 0 Å². The maximum absolute atomic E-state index is 13.2. The third kappa shape index (κ3) is 4.94. The standard InChI is InChI=1S/C21H26FNO3S/c1-21(2)16-26-20(18-10-12-19(22)13-11-18)15-23(21)27(24,25)14-6-9-17-7-4-3-5-8-17/h3-5,7-8,10-13,20H,6,9,14-16H2,1-2H3. The van der Waals surface area contributed by atoms with Crippen LogP contribution in [0.4, 0.5) is 4.39 Å². The molecule has 6 heteroatoms. The van der Waals surface area contributed by atoms with Gasteiger partial charge < -0.3 is 4.74 Å². The van der Waals surface area contributed by atoms with E-state index >= 15 is 0 Å². The first kappa shape index (κ1) is 20.0. The van der Waals surface area contributed by atoms with Gasteiger partial charge in [-0.1, -0.05) is 42.5 Å². The molecule has 0 bridgehead atoms. The molecule has 146 valence electrons. The summed E-state index contributed by atoms with van der Waals surface area (Å²) in [5.74, 6) is -0.221. The minimum absolute atomic E-state index is 0.0987. The van der Waals surface area contributed by atoms with Crippen LogP contribution in [0.15, 0.2) is 54.6 Å². The van der Waals surface area contributed by atoms with Crippen LogP contribution >= 0.6 is 0 Å². The molecule has 2 aromatic carbocycles. The van der Waals surface area contributed by atoms with Gasteiger partial charge in [-0.15, -0.1) is 0 Å². The van der Waals surface area contributed by atoms with E-state index in [0.29, 0.717) is 13.0 Å². The number of rotatable bonds is 6. The van der Waals surface area contributed by atoms with Crippen molar-refractivity contribution in [2.24, 2.45) is 0 Å². The van der Waals surface area contributed by atoms with Crippen LogP contribution in [0.2, 0.25) is 0 Å². The Hall–Kier alpha value is -1.76. The van der Waals surface area contributed by atoms with Crippen LogP contribution in [0.5, 0.6) is 0 Å². The highest BCUT2D eigenvalue weighted by Crippen LogP contribution is 2.32. The first-order valence-electron chi connectivity index (χ1n) is 9.19. The van der Waals surface area contributed by atoms with Crippen LogP contribution in [0.3, 0.4) is 0 Å². The van der Waals surface area contributed by atoms with E-state index < -0.39 is 15.6 Å². The fraction of sp³-hybridized carbons (Fsp3) is 0.429. The van der Waals surface area contributed by atoms with Crippen molar-refractivity contribution >= 4 is 10.0 Å². The summed E-state index contributed by atoms with van der Waals surface area (Å²) >= 11 is 0. The average Bonchev–Trinajstić information content (AvgIpc) is 2.63. The SMILES string of the molecule is CC1(C)COC(c2ccc(F)cc2)CN1S(=O)(=O)CCCc1ccccc1. The molecule has 4 nitrogen and oxygen atoms in total. The molecule has 2 aromatic rings. The van der Waals surface area contributed by atoms with Crippen molar-refractivity contribution in [3.63, 3.8) is 0 Å². The third-order valence-corrected chi connectivity index (χ3v) is 7.05. The highest BCUT2D eigenvalue weighted by molar-refractivity contribution is 7.89. The Morgan fingerprint density at radius 1 is 1.11 bits per heavy atom. The first-order chi connectivity index (χ1) is 12.8. The zero-order valence-electron chi connectivity index (χ0n) is 15.8. The van der Waals surface area contributed by atoms with Gasteiger partial charge in [-0.3, -0.25) is 0 Å². The number of benzene rings is 2. The summed E-state index contributed by atoms with van der Waals surface area (Å²) < 4.78 is 46.7. The van der Waals surface area contributed by atoms with Crippen molar-refractivity contribution in [3.05, 3.63) is 71.5 Å². The van der Waals surface area contributed by atoms with E-state index in [4.69, 9.17) is 4.74 Å². The van der Waals surface area contributed by atoms with Gasteiger partial charge in [0, 0.05) is 6.54 Å². The second kappa shape index (κ2) is 8.09. The number of hydrogen-bond donors (Lipinski definition) is 0. The van der Waals surface area contributed by atoms with Crippen LogP contribution in [0.25, 0.3) is 0 Å². The monoisotopic (exact) mass is 391 g/mol. The summed E-state index contributed by atoms with van der Waals surface area (Å²) in [5.41, 5.74) is 1.32. The molecule has 0 radical (unpaired) electrons. The van der Waals surface area contributed by atoms with Crippen LogP contribution in [0.1, 0.15) is 37.5 Å². The van der Waals surface area contributed by atoms with Crippen molar-refractivity contribution in [2.45, 2.75) is 38.3 Å². The predicted molar refractivity (Wildman–Crippen MR) is 104 cm³/mol. The topological polar surface area (TPSA) is 46.6 Å². The lowest BCUT2D eigenvalue weighted by Gasteiger charge is -2.44. The van der Waals surface area contributed by atoms with E-state index in [-0.39, 0.29) is 24.2 Å². The maximum atomic E-state index is 13.2. The quantitative estimate of drug-likeness (QED) is 0.749. The Balaban J connectivity index is 1.69. The zero-order chi connectivity index (χ0) is 19.5. The molecule has 1 fully saturated rings. The molecule has 0 N–H and O–H groups in total. The summed E-state index contributed by atoms with van der Waals surface area (Å²) in [4.78, 5) is 0. The lowest BCUT2D eigenvalue weighted by Crippen LogP contribution is -2.56. The molecule has 1 unspecified atom stereocenters. The predicted octanol–water partition coefficient (Wildman–Crippen LogP) is 3.94. The summed E-state index contributed by atoms with van der Waals surface area (Å²) in [6.07, 6.45) is 0.912. The number of aryl methyl sites for hydroxylation is 1. The van der Waals surface area contributed by atoms with E-state index in [2.05, 4.69) is 0 Å². The van der Waals surface area contributed by atoms with Gasteiger partial charge in [0.1, 0.15) is 5.82 Å². The number of morpholine rings is 1. The molecule has 0 spiro atoms. The Labute approximate surface area is 161 Å². The number of nitrogens with zero attached hydrogens (tertiary/aromatic N) is 1. The minimum atomic E-state index is -3.43. The van der Waals surface area contributed by atoms with Gasteiger partial charge in [0.15, 0.2) is 0 Å². The molecule has 0 amide bonds. The highest BCUT2D eigenvalue weighted by Gasteiger charge is 2.42. The van der Waals surface area contributed by atoms with Crippen LogP contribution < -0.4 is 0 Å². The van der Waals surface area contributed by atoms with Crippen LogP contribution in [-0.4, -0.2) is 37.2 Å². The molecule has 1 heterocycles. The molecule has 1 saturated heterocycles. The smallest absolute Gasteiger partial charge is 0.214 e. The summed E-state index contributed by atoms with van der Waals surface area (Å²) in [5, 5.41) is 0. The van der Waals surface area contributed by atoms with Crippen molar-refractivity contribution in [2.75, 3.05) is 18.9 Å². The first-order valence-corrected chi connectivity index (χ1v) is 10.8. The normalized spacial score (nSPS) is 20.5. The molecule has 0 aromatic heterocycles. The Morgan fingerprint density at radius 2 is 1.78 bits per heavy atom. The lowest BCUT2D eigenvalue weighted by molar-refractivity contribution is -0.0655. The van der Waals surface area contributed by atoms with Crippen LogP contribution in [0, 0.1) is 5.82 Å². The largest absolute Gasteiger partial charge is 0.370 e. The second-order valence-corrected chi connectivity index (χ2v) is 9.61. The Bertz CT molecular complexity index is 851. The molecule has 1 atom stereocenters. The summed E-state index contributed by atoms with van der Waals surface area (Å²) in [7, 11) is -3.43. The highest BCUT2D eigenvalue weighted by atomic mass is 32.2. The zero-order valence-corrected chi connectivity index (χ0v) is 16.6. The molecule has 3 rings (SSSR count). The van der Waals surface area contributed by atoms with E-state index in [1.807, 2.05) is 44.2 Å². The number of sulfonamides is 1. The Kier molecular flexibility index (Phi) is 5.99. The molecule has 0 saturated carbocycles. The fourth-order valence-electron chi connectivity index (χ4n) is 3.41. The van der Waals surface area contributed by atoms with Gasteiger partial charge in [0.2, 0.25) is 10.0 Å². The molecule has 1 aliphatic rings. The maximum Gasteiger partial charge on any atom is 0.214 e. The second-order valence-electron chi connectivity index (χ2n) is 7.60. The van der Waals surface area contributed by atoms with Gasteiger partial charge in [0.05, 0.1) is 24.0 Å². The van der Waals surface area contributed by atoms with Gasteiger partial charge >= 0.3 is 0 Å². The summed E-state index contributed by atoms with van der Waals surface area (Å²) in [6.45, 7) is 4.30. The van der Waals surface area contributed by atoms with E-state index in [0.717, 1.165) is 17.5 Å². The Morgan fingerprint density at radius 3 is 2.44 bits per heavy atom. The third-order valence-electron chi connectivity index (χ3n) is 4.93. The van der Waals surface area contributed by atoms with Crippen molar-refractivity contribution in [1.29, 1.82) is 0 Å². The van der Waals surface area contributed by atoms with Gasteiger partial charge in [-0.05, 0) is 49.9 Å². The van der Waals surface area contributed by atoms with Gasteiger partial charge in [-0.2, -0.15) is 4.31 Å². The minimum Gasteiger partial charge on any atom is -0.370 e. The van der Waals surface area contributed by atoms with Crippen molar-refractivity contribution in [1.82, 2.24) is 4.31 Å². The van der Waals surface area contributed by atoms with Crippen molar-refractivity contribution < 1.29 is 17.5 Å². The van der Waals surface area contributed by atoms with E-state index in [1.165, 1.54) is 12.1 Å². The molecule has 0 aliphatic carbocycles. The average molecular weight is 392 g/mol. The summed E-state index contributed by atoms with van der Waals surface area (Å²) in [6, 6.07) is 15.9. The molecular weight excluding hydrogens is 365 g/mol. The van der Waals surface area contributed by atoms with Crippen molar-refractivity contribution in [3.8, 4) is 0 Å². The molecule has 27 heavy (non-hydrogen) atoms. The number of halogens is 1. The molecular formula is C21H26FNO3S. The lowest BCUT2D eigenvalue weighted by atomic mass is 10.0. The van der Waals surface area contributed by atoms with Crippen LogP contribution in [-0.2, 0) is 21.2 Å².